The second kappa shape index (κ2) is 9.24. The van der Waals surface area contributed by atoms with E-state index in [0.29, 0.717) is 24.4 Å². The summed E-state index contributed by atoms with van der Waals surface area (Å²) in [6.07, 6.45) is 5.01. The van der Waals surface area contributed by atoms with Crippen LogP contribution in [0.2, 0.25) is 0 Å². The fourth-order valence-electron chi connectivity index (χ4n) is 5.65. The van der Waals surface area contributed by atoms with Gasteiger partial charge in [-0.05, 0) is 29.8 Å². The smallest absolute Gasteiger partial charge is 0.258 e. The summed E-state index contributed by atoms with van der Waals surface area (Å²) in [5.74, 6) is -0.152. The number of hydrogen-bond acceptors (Lipinski definition) is 7. The van der Waals surface area contributed by atoms with E-state index in [0.717, 1.165) is 16.8 Å². The molecule has 1 aromatic carbocycles. The molecule has 0 radical (unpaired) electrons. The van der Waals surface area contributed by atoms with Gasteiger partial charge in [-0.3, -0.25) is 14.5 Å². The molecule has 1 amide bonds. The van der Waals surface area contributed by atoms with Crippen LogP contribution in [-0.4, -0.2) is 69.2 Å². The summed E-state index contributed by atoms with van der Waals surface area (Å²) in [5, 5.41) is 10.4. The first-order valence-corrected chi connectivity index (χ1v) is 11.6. The van der Waals surface area contributed by atoms with E-state index >= 15 is 0 Å². The fourth-order valence-corrected chi connectivity index (χ4v) is 5.65. The summed E-state index contributed by atoms with van der Waals surface area (Å²) in [5.41, 5.74) is 2.95. The normalized spacial score (nSPS) is 23.1. The number of pyridine rings is 1. The molecule has 2 aliphatic heterocycles. The third-order valence-electron chi connectivity index (χ3n) is 7.26. The molecule has 2 aliphatic rings. The third-order valence-corrected chi connectivity index (χ3v) is 7.26. The van der Waals surface area contributed by atoms with Crippen LogP contribution in [0, 0.1) is 11.8 Å². The molecule has 0 saturated carbocycles. The summed E-state index contributed by atoms with van der Waals surface area (Å²) in [6.45, 7) is 0.771. The Labute approximate surface area is 203 Å². The molecule has 182 valence electrons. The third kappa shape index (κ3) is 3.90. The largest absolute Gasteiger partial charge is 0.497 e. The zero-order chi connectivity index (χ0) is 24.7. The van der Waals surface area contributed by atoms with Crippen molar-refractivity contribution in [3.05, 3.63) is 76.7 Å². The van der Waals surface area contributed by atoms with Gasteiger partial charge in [0.05, 0.1) is 19.1 Å². The van der Waals surface area contributed by atoms with E-state index in [-0.39, 0.29) is 36.1 Å². The van der Waals surface area contributed by atoms with Gasteiger partial charge < -0.3 is 19.3 Å². The summed E-state index contributed by atoms with van der Waals surface area (Å²) in [7, 11) is 5.06. The van der Waals surface area contributed by atoms with Gasteiger partial charge in [0, 0.05) is 75.0 Å². The number of aliphatic hydroxyl groups excluding tert-OH is 1. The van der Waals surface area contributed by atoms with Crippen LogP contribution >= 0.6 is 0 Å². The first-order chi connectivity index (χ1) is 16.9. The summed E-state index contributed by atoms with van der Waals surface area (Å²) >= 11 is 0. The highest BCUT2D eigenvalue weighted by Crippen LogP contribution is 2.49. The van der Waals surface area contributed by atoms with Gasteiger partial charge in [-0.25, -0.2) is 9.97 Å². The molecule has 9 heteroatoms. The molecule has 1 fully saturated rings. The molecule has 0 aliphatic carbocycles. The second-order valence-electron chi connectivity index (χ2n) is 9.36. The molecular formula is C26H29N5O4. The lowest BCUT2D eigenvalue weighted by molar-refractivity contribution is -0.135. The quantitative estimate of drug-likeness (QED) is 0.578. The summed E-state index contributed by atoms with van der Waals surface area (Å²) in [6, 6.07) is 10.7. The van der Waals surface area contributed by atoms with Crippen LogP contribution in [0.5, 0.6) is 5.75 Å². The number of fused-ring (bicyclic) bond motifs is 4. The average Bonchev–Trinajstić information content (AvgIpc) is 3.08. The molecule has 5 rings (SSSR count). The number of rotatable bonds is 6. The lowest BCUT2D eigenvalue weighted by Crippen LogP contribution is -2.46. The van der Waals surface area contributed by atoms with Crippen molar-refractivity contribution in [1.82, 2.24) is 24.3 Å². The molecule has 2 bridgehead atoms. The zero-order valence-corrected chi connectivity index (χ0v) is 20.0. The van der Waals surface area contributed by atoms with Gasteiger partial charge >= 0.3 is 0 Å². The van der Waals surface area contributed by atoms with Crippen molar-refractivity contribution in [3.8, 4) is 16.9 Å². The van der Waals surface area contributed by atoms with Crippen molar-refractivity contribution in [2.24, 2.45) is 11.8 Å². The lowest BCUT2D eigenvalue weighted by Gasteiger charge is -2.38. The number of aliphatic hydroxyl groups is 1. The van der Waals surface area contributed by atoms with Crippen molar-refractivity contribution in [2.75, 3.05) is 27.8 Å². The van der Waals surface area contributed by atoms with Crippen molar-refractivity contribution in [3.63, 3.8) is 0 Å². The number of hydrogen-bond donors (Lipinski definition) is 1. The Kier molecular flexibility index (Phi) is 6.12. The maximum Gasteiger partial charge on any atom is 0.258 e. The molecule has 1 saturated heterocycles. The Morgan fingerprint density at radius 1 is 1.20 bits per heavy atom. The Hall–Kier alpha value is -3.56. The second-order valence-corrected chi connectivity index (χ2v) is 9.36. The number of ether oxygens (including phenoxy) is 1. The summed E-state index contributed by atoms with van der Waals surface area (Å²) < 4.78 is 7.12. The van der Waals surface area contributed by atoms with Gasteiger partial charge in [-0.1, -0.05) is 12.1 Å². The van der Waals surface area contributed by atoms with Gasteiger partial charge in [0.15, 0.2) is 0 Å². The molecule has 2 aromatic heterocycles. The van der Waals surface area contributed by atoms with Crippen LogP contribution < -0.4 is 10.3 Å². The minimum atomic E-state index is -0.472. The molecule has 0 unspecified atom stereocenters. The average molecular weight is 476 g/mol. The lowest BCUT2D eigenvalue weighted by atomic mass is 9.86. The van der Waals surface area contributed by atoms with Crippen LogP contribution in [0.25, 0.3) is 11.1 Å². The van der Waals surface area contributed by atoms with Crippen LogP contribution in [0.15, 0.2) is 59.9 Å². The van der Waals surface area contributed by atoms with Crippen LogP contribution in [0.1, 0.15) is 17.3 Å². The van der Waals surface area contributed by atoms with Crippen LogP contribution in [0.4, 0.5) is 0 Å². The van der Waals surface area contributed by atoms with Crippen molar-refractivity contribution < 1.29 is 14.6 Å². The first-order valence-electron chi connectivity index (χ1n) is 11.6. The first kappa shape index (κ1) is 23.2. The summed E-state index contributed by atoms with van der Waals surface area (Å²) in [4.78, 5) is 39.2. The highest BCUT2D eigenvalue weighted by atomic mass is 16.5. The van der Waals surface area contributed by atoms with Gasteiger partial charge in [-0.2, -0.15) is 0 Å². The van der Waals surface area contributed by atoms with E-state index in [2.05, 4.69) is 14.9 Å². The molecule has 9 nitrogen and oxygen atoms in total. The number of amides is 1. The maximum atomic E-state index is 13.7. The Balaban J connectivity index is 1.63. The molecule has 1 N–H and O–H groups in total. The van der Waals surface area contributed by atoms with Crippen molar-refractivity contribution >= 4 is 5.91 Å². The molecule has 4 heterocycles. The minimum Gasteiger partial charge on any atom is -0.497 e. The van der Waals surface area contributed by atoms with Gasteiger partial charge in [0.25, 0.3) is 5.56 Å². The van der Waals surface area contributed by atoms with Crippen LogP contribution in [-0.2, 0) is 17.9 Å². The van der Waals surface area contributed by atoms with E-state index in [1.807, 2.05) is 36.4 Å². The number of nitrogens with zero attached hydrogens (tertiary/aromatic N) is 5. The Morgan fingerprint density at radius 2 is 1.97 bits per heavy atom. The van der Waals surface area contributed by atoms with Crippen LogP contribution in [0.3, 0.4) is 0 Å². The monoisotopic (exact) mass is 475 g/mol. The minimum absolute atomic E-state index is 0.0522. The molecule has 35 heavy (non-hydrogen) atoms. The molecule has 3 aromatic rings. The van der Waals surface area contributed by atoms with Crippen molar-refractivity contribution in [1.29, 1.82) is 0 Å². The highest BCUT2D eigenvalue weighted by molar-refractivity contribution is 5.80. The van der Waals surface area contributed by atoms with E-state index < -0.39 is 5.92 Å². The highest BCUT2D eigenvalue weighted by Gasteiger charge is 2.56. The maximum absolute atomic E-state index is 13.7. The number of benzene rings is 1. The van der Waals surface area contributed by atoms with E-state index in [1.165, 1.54) is 6.33 Å². The Bertz CT molecular complexity index is 1290. The molecule has 0 spiro atoms. The van der Waals surface area contributed by atoms with E-state index in [9.17, 15) is 14.7 Å². The predicted octanol–water partition coefficient (Wildman–Crippen LogP) is 1.57. The van der Waals surface area contributed by atoms with Gasteiger partial charge in [0.1, 0.15) is 12.1 Å². The molecule has 4 atom stereocenters. The van der Waals surface area contributed by atoms with E-state index in [4.69, 9.17) is 4.74 Å². The van der Waals surface area contributed by atoms with Crippen molar-refractivity contribution in [2.45, 2.75) is 25.2 Å². The zero-order valence-electron chi connectivity index (χ0n) is 20.0. The number of aromatic nitrogens is 3. The standard InChI is InChI=1S/C26H29N5O4/c1-29(2)26(34)23-20(14-32)22-13-31-21(24(23)30(22)12-16-10-27-15-28-11-16)8-7-19(25(31)33)17-5-4-6-18(9-17)35-3/h4-11,15,20,22-24,32H,12-14H2,1-3H3/t20-,22-,23+,24+/m0/s1. The van der Waals surface area contributed by atoms with Gasteiger partial charge in [0.2, 0.25) is 5.91 Å². The SMILES string of the molecule is COc1cccc(-c2ccc3n(c2=O)C[C@H]2[C@H](CO)[C@@H](C(=O)N(C)C)[C@@H]3N2Cc2cncnc2)c1. The number of carbonyl (C=O) groups excluding carboxylic acids is 1. The predicted molar refractivity (Wildman–Crippen MR) is 130 cm³/mol. The Morgan fingerprint density at radius 3 is 2.66 bits per heavy atom. The number of carbonyl (C=O) groups is 1. The number of methoxy groups -OCH3 is 1. The fraction of sp³-hybridized carbons (Fsp3) is 0.385. The topological polar surface area (TPSA) is 101 Å². The van der Waals surface area contributed by atoms with Gasteiger partial charge in [-0.15, -0.1) is 0 Å². The van der Waals surface area contributed by atoms with E-state index in [1.54, 1.807) is 43.1 Å². The molecular weight excluding hydrogens is 446 g/mol.